The smallest absolute Gasteiger partial charge is 0.408 e. The van der Waals surface area contributed by atoms with Crippen LogP contribution in [-0.4, -0.2) is 45.0 Å². The van der Waals surface area contributed by atoms with Crippen LogP contribution in [0, 0.1) is 0 Å². The van der Waals surface area contributed by atoms with E-state index in [1.807, 2.05) is 0 Å². The van der Waals surface area contributed by atoms with E-state index in [-0.39, 0.29) is 18.6 Å². The number of alkyl halides is 2. The molecule has 84 valence electrons. The summed E-state index contributed by atoms with van der Waals surface area (Å²) < 4.78 is 26.8. The lowest BCUT2D eigenvalue weighted by Gasteiger charge is -2.32. The lowest BCUT2D eigenvalue weighted by atomic mass is 10.0. The Morgan fingerprint density at radius 2 is 2.20 bits per heavy atom. The molecule has 0 spiro atoms. The fraction of sp³-hybridized carbons (Fsp3) is 0.750. The summed E-state index contributed by atoms with van der Waals surface area (Å²) in [4.78, 5) is 11.6. The number of halogens is 2. The molecule has 2 aliphatic heterocycles. The van der Waals surface area contributed by atoms with Crippen LogP contribution in [0.25, 0.3) is 0 Å². The third-order valence-corrected chi connectivity index (χ3v) is 2.99. The van der Waals surface area contributed by atoms with Crippen LogP contribution in [0.3, 0.4) is 0 Å². The fourth-order valence-corrected chi connectivity index (χ4v) is 2.37. The van der Waals surface area contributed by atoms with Gasteiger partial charge in [-0.05, 0) is 0 Å². The topological polar surface area (TPSA) is 73.1 Å². The molecule has 2 rings (SSSR count). The number of hydrogen-bond acceptors (Lipinski definition) is 3. The Morgan fingerprint density at radius 3 is 2.67 bits per heavy atom. The van der Waals surface area contributed by atoms with E-state index < -0.39 is 30.5 Å². The predicted molar refractivity (Wildman–Crippen MR) is 45.5 cm³/mol. The maximum Gasteiger partial charge on any atom is 0.408 e. The number of hydrogen-bond donors (Lipinski definition) is 2. The van der Waals surface area contributed by atoms with Gasteiger partial charge in [0, 0.05) is 25.3 Å². The van der Waals surface area contributed by atoms with Crippen LogP contribution in [0.1, 0.15) is 19.3 Å². The molecule has 2 heterocycles. The van der Waals surface area contributed by atoms with Gasteiger partial charge in [-0.2, -0.15) is 0 Å². The minimum absolute atomic E-state index is 0.0922. The van der Waals surface area contributed by atoms with Gasteiger partial charge in [0.1, 0.15) is 6.04 Å². The molecule has 2 aliphatic rings. The van der Waals surface area contributed by atoms with E-state index in [0.717, 1.165) is 4.90 Å². The Morgan fingerprint density at radius 1 is 1.53 bits per heavy atom. The molecular formula is C8H10F2N2O3. The van der Waals surface area contributed by atoms with Crippen molar-refractivity contribution < 1.29 is 23.9 Å². The molecule has 2 atom stereocenters. The number of rotatable bonds is 0. The average Bonchev–Trinajstić information content (AvgIpc) is 2.30. The van der Waals surface area contributed by atoms with Gasteiger partial charge in [0.25, 0.3) is 5.92 Å². The highest BCUT2D eigenvalue weighted by atomic mass is 19.3. The summed E-state index contributed by atoms with van der Waals surface area (Å²) in [7, 11) is 0. The van der Waals surface area contributed by atoms with Crippen molar-refractivity contribution in [1.29, 1.82) is 0 Å². The lowest BCUT2D eigenvalue weighted by molar-refractivity contribution is -0.0277. The highest BCUT2D eigenvalue weighted by molar-refractivity contribution is 5.88. The second-order valence-corrected chi connectivity index (χ2v) is 3.90. The average molecular weight is 220 g/mol. The first-order valence-corrected chi connectivity index (χ1v) is 4.54. The largest absolute Gasteiger partial charge is 0.465 e. The van der Waals surface area contributed by atoms with E-state index in [1.54, 1.807) is 0 Å². The summed E-state index contributed by atoms with van der Waals surface area (Å²) in [6.45, 7) is 0. The van der Waals surface area contributed by atoms with Crippen molar-refractivity contribution in [2.24, 2.45) is 5.16 Å². The molecule has 2 N–H and O–H groups in total. The van der Waals surface area contributed by atoms with Crippen LogP contribution >= 0.6 is 0 Å². The van der Waals surface area contributed by atoms with Crippen molar-refractivity contribution >= 4 is 11.8 Å². The van der Waals surface area contributed by atoms with Crippen molar-refractivity contribution in [3.63, 3.8) is 0 Å². The second-order valence-electron chi connectivity index (χ2n) is 3.90. The zero-order chi connectivity index (χ0) is 11.2. The monoisotopic (exact) mass is 220 g/mol. The summed E-state index contributed by atoms with van der Waals surface area (Å²) >= 11 is 0. The van der Waals surface area contributed by atoms with Crippen LogP contribution in [0.15, 0.2) is 5.16 Å². The van der Waals surface area contributed by atoms with E-state index in [9.17, 15) is 13.6 Å². The number of carbonyl (C=O) groups is 1. The molecule has 0 unspecified atom stereocenters. The van der Waals surface area contributed by atoms with Gasteiger partial charge in [0.05, 0.1) is 5.71 Å². The number of amides is 1. The number of carboxylic acid groups (broad SMARTS) is 1. The molecule has 2 bridgehead atoms. The van der Waals surface area contributed by atoms with Gasteiger partial charge < -0.3 is 10.3 Å². The number of fused-ring (bicyclic) bond motifs is 2. The van der Waals surface area contributed by atoms with Crippen molar-refractivity contribution in [2.75, 3.05) is 0 Å². The molecular weight excluding hydrogens is 210 g/mol. The molecule has 2 fully saturated rings. The van der Waals surface area contributed by atoms with E-state index in [1.165, 1.54) is 0 Å². The summed E-state index contributed by atoms with van der Waals surface area (Å²) in [5.74, 6) is -3.02. The first-order valence-electron chi connectivity index (χ1n) is 4.54. The van der Waals surface area contributed by atoms with Crippen LogP contribution < -0.4 is 0 Å². The molecule has 15 heavy (non-hydrogen) atoms. The van der Waals surface area contributed by atoms with Gasteiger partial charge in [0.15, 0.2) is 0 Å². The first-order chi connectivity index (χ1) is 6.95. The first kappa shape index (κ1) is 10.1. The summed E-state index contributed by atoms with van der Waals surface area (Å²) in [5.41, 5.74) is 0.250. The van der Waals surface area contributed by atoms with E-state index >= 15 is 0 Å². The third kappa shape index (κ3) is 1.42. The molecule has 0 aromatic carbocycles. The lowest BCUT2D eigenvalue weighted by Crippen LogP contribution is -2.49. The Hall–Kier alpha value is -1.40. The molecule has 2 saturated heterocycles. The maximum atomic E-state index is 13.4. The van der Waals surface area contributed by atoms with Crippen LogP contribution in [0.2, 0.25) is 0 Å². The Balaban J connectivity index is 2.32. The van der Waals surface area contributed by atoms with Gasteiger partial charge in [-0.25, -0.2) is 13.6 Å². The van der Waals surface area contributed by atoms with E-state index in [4.69, 9.17) is 10.3 Å². The van der Waals surface area contributed by atoms with E-state index in [0.29, 0.717) is 0 Å². The number of oxime groups is 1. The number of nitrogens with zero attached hydrogens (tertiary/aromatic N) is 2. The molecule has 0 radical (unpaired) electrons. The SMILES string of the molecule is O=C(O)N1[C@H]2C/C(=N\O)C[C@@H]1C(F)(F)C2. The highest BCUT2D eigenvalue weighted by Gasteiger charge is 2.58. The normalized spacial score (nSPS) is 35.9. The van der Waals surface area contributed by atoms with Gasteiger partial charge in [-0.15, -0.1) is 0 Å². The molecule has 0 saturated carbocycles. The Labute approximate surface area is 84.0 Å². The Bertz CT molecular complexity index is 332. The molecule has 7 heteroatoms. The van der Waals surface area contributed by atoms with Crippen molar-refractivity contribution in [3.05, 3.63) is 0 Å². The second kappa shape index (κ2) is 3.04. The van der Waals surface area contributed by atoms with Crippen molar-refractivity contribution in [3.8, 4) is 0 Å². The van der Waals surface area contributed by atoms with Crippen LogP contribution in [-0.2, 0) is 0 Å². The fourth-order valence-electron chi connectivity index (χ4n) is 2.37. The summed E-state index contributed by atoms with van der Waals surface area (Å²) in [6, 6.07) is -2.14. The molecule has 0 aromatic heterocycles. The summed E-state index contributed by atoms with van der Waals surface area (Å²) in [6.07, 6.45) is -1.91. The molecule has 0 aliphatic carbocycles. The minimum Gasteiger partial charge on any atom is -0.465 e. The van der Waals surface area contributed by atoms with Gasteiger partial charge in [-0.1, -0.05) is 5.16 Å². The quantitative estimate of drug-likeness (QED) is 0.478. The van der Waals surface area contributed by atoms with E-state index in [2.05, 4.69) is 5.16 Å². The van der Waals surface area contributed by atoms with Crippen LogP contribution in [0.4, 0.5) is 13.6 Å². The van der Waals surface area contributed by atoms with Gasteiger partial charge in [0.2, 0.25) is 0 Å². The highest BCUT2D eigenvalue weighted by Crippen LogP contribution is 2.44. The molecule has 5 nitrogen and oxygen atoms in total. The molecule has 1 amide bonds. The number of piperidine rings is 1. The van der Waals surface area contributed by atoms with Gasteiger partial charge in [-0.3, -0.25) is 4.90 Å². The summed E-state index contributed by atoms with van der Waals surface area (Å²) in [5, 5.41) is 20.2. The maximum absolute atomic E-state index is 13.4. The molecule has 0 aromatic rings. The zero-order valence-corrected chi connectivity index (χ0v) is 7.73. The van der Waals surface area contributed by atoms with Crippen molar-refractivity contribution in [2.45, 2.75) is 37.3 Å². The van der Waals surface area contributed by atoms with Crippen LogP contribution in [0.5, 0.6) is 0 Å². The predicted octanol–water partition coefficient (Wildman–Crippen LogP) is 1.37. The standard InChI is InChI=1S/C8H10F2N2O3/c9-8(10)3-5-1-4(11-15)2-6(8)12(5)7(13)14/h5-6,15H,1-3H2,(H,13,14)/b11-4+/t5-,6+/m0/s1. The zero-order valence-electron chi connectivity index (χ0n) is 7.73. The Kier molecular flexibility index (Phi) is 2.06. The van der Waals surface area contributed by atoms with Crippen molar-refractivity contribution in [1.82, 2.24) is 4.90 Å². The minimum atomic E-state index is -3.02. The third-order valence-electron chi connectivity index (χ3n) is 2.99. The van der Waals surface area contributed by atoms with Gasteiger partial charge >= 0.3 is 6.09 Å².